The minimum atomic E-state index is -0.0375. The Morgan fingerprint density at radius 1 is 1.56 bits per heavy atom. The van der Waals surface area contributed by atoms with E-state index in [9.17, 15) is 4.79 Å². The molecule has 0 bridgehead atoms. The Morgan fingerprint density at radius 2 is 2.31 bits per heavy atom. The van der Waals surface area contributed by atoms with Gasteiger partial charge in [0.05, 0.1) is 18.8 Å². The molecule has 1 N–H and O–H groups in total. The van der Waals surface area contributed by atoms with Crippen molar-refractivity contribution in [3.05, 3.63) is 0 Å². The van der Waals surface area contributed by atoms with E-state index >= 15 is 0 Å². The largest absolute Gasteiger partial charge is 0.376 e. The highest BCUT2D eigenvalue weighted by Crippen LogP contribution is 2.11. The average molecular weight is 228 g/mol. The van der Waals surface area contributed by atoms with Crippen LogP contribution in [0, 0.1) is 0 Å². The summed E-state index contributed by atoms with van der Waals surface area (Å²) in [4.78, 5) is 14.0. The van der Waals surface area contributed by atoms with Crippen molar-refractivity contribution in [3.8, 4) is 0 Å². The monoisotopic (exact) mass is 228 g/mol. The number of ether oxygens (including phenoxy) is 1. The number of hydrogen-bond acceptors (Lipinski definition) is 3. The summed E-state index contributed by atoms with van der Waals surface area (Å²) in [6, 6.07) is -0.0375. The van der Waals surface area contributed by atoms with Gasteiger partial charge in [0.25, 0.3) is 0 Å². The van der Waals surface area contributed by atoms with E-state index in [1.54, 1.807) is 0 Å². The zero-order valence-electron chi connectivity index (χ0n) is 10.7. The molecule has 0 saturated carbocycles. The Balaban J connectivity index is 2.39. The molecule has 94 valence electrons. The van der Waals surface area contributed by atoms with Crippen molar-refractivity contribution in [2.24, 2.45) is 0 Å². The second-order valence-electron chi connectivity index (χ2n) is 4.36. The first-order valence-corrected chi connectivity index (χ1v) is 6.32. The van der Waals surface area contributed by atoms with E-state index < -0.39 is 0 Å². The zero-order chi connectivity index (χ0) is 12.0. The number of nitrogens with zero attached hydrogens (tertiary/aromatic N) is 1. The predicted molar refractivity (Wildman–Crippen MR) is 64.4 cm³/mol. The number of carbonyl (C=O) groups is 1. The third-order valence-electron chi connectivity index (χ3n) is 3.10. The van der Waals surface area contributed by atoms with Crippen molar-refractivity contribution in [3.63, 3.8) is 0 Å². The molecule has 0 aromatic heterocycles. The van der Waals surface area contributed by atoms with Crippen LogP contribution in [0.5, 0.6) is 0 Å². The molecule has 0 aliphatic carbocycles. The van der Waals surface area contributed by atoms with Crippen molar-refractivity contribution < 1.29 is 9.53 Å². The number of carbonyl (C=O) groups excluding carboxylic acids is 1. The number of amides is 1. The van der Waals surface area contributed by atoms with Crippen LogP contribution in [0.3, 0.4) is 0 Å². The van der Waals surface area contributed by atoms with Gasteiger partial charge in [0.15, 0.2) is 0 Å². The summed E-state index contributed by atoms with van der Waals surface area (Å²) < 4.78 is 5.60. The Hall–Kier alpha value is -0.610. The molecule has 0 aromatic carbocycles. The molecule has 1 saturated heterocycles. The van der Waals surface area contributed by atoms with Crippen LogP contribution in [0.15, 0.2) is 0 Å². The van der Waals surface area contributed by atoms with E-state index in [0.29, 0.717) is 0 Å². The second kappa shape index (κ2) is 6.86. The Kier molecular flexibility index (Phi) is 5.77. The lowest BCUT2D eigenvalue weighted by Gasteiger charge is -2.35. The van der Waals surface area contributed by atoms with Crippen LogP contribution >= 0.6 is 0 Å². The van der Waals surface area contributed by atoms with Crippen LogP contribution in [0.25, 0.3) is 0 Å². The van der Waals surface area contributed by atoms with E-state index in [1.807, 2.05) is 6.92 Å². The van der Waals surface area contributed by atoms with Gasteiger partial charge in [0.1, 0.15) is 0 Å². The Bertz CT molecular complexity index is 221. The number of nitrogens with one attached hydrogen (secondary N) is 1. The van der Waals surface area contributed by atoms with Gasteiger partial charge in [-0.2, -0.15) is 0 Å². The molecular formula is C12H24N2O2. The SMILES string of the molecule is CCCNC(=O)[C@H](C)N1CCO[C@@H](CC)C1. The first kappa shape index (κ1) is 13.5. The molecule has 1 amide bonds. The van der Waals surface area contributed by atoms with Crippen LogP contribution in [-0.2, 0) is 9.53 Å². The summed E-state index contributed by atoms with van der Waals surface area (Å²) in [5.41, 5.74) is 0. The third-order valence-corrected chi connectivity index (χ3v) is 3.10. The van der Waals surface area contributed by atoms with Crippen LogP contribution in [0.1, 0.15) is 33.6 Å². The molecule has 0 radical (unpaired) electrons. The summed E-state index contributed by atoms with van der Waals surface area (Å²) in [7, 11) is 0. The van der Waals surface area contributed by atoms with Gasteiger partial charge in [0, 0.05) is 19.6 Å². The molecule has 1 aliphatic heterocycles. The van der Waals surface area contributed by atoms with Gasteiger partial charge < -0.3 is 10.1 Å². The molecule has 1 rings (SSSR count). The first-order valence-electron chi connectivity index (χ1n) is 6.32. The molecule has 16 heavy (non-hydrogen) atoms. The summed E-state index contributed by atoms with van der Waals surface area (Å²) >= 11 is 0. The van der Waals surface area contributed by atoms with E-state index in [4.69, 9.17) is 4.74 Å². The molecule has 0 aromatic rings. The van der Waals surface area contributed by atoms with Crippen molar-refractivity contribution in [1.29, 1.82) is 0 Å². The molecule has 1 fully saturated rings. The van der Waals surface area contributed by atoms with Gasteiger partial charge in [-0.1, -0.05) is 13.8 Å². The van der Waals surface area contributed by atoms with E-state index in [0.717, 1.165) is 39.1 Å². The van der Waals surface area contributed by atoms with Crippen LogP contribution in [0.2, 0.25) is 0 Å². The molecule has 0 unspecified atom stereocenters. The Labute approximate surface area is 98.3 Å². The maximum atomic E-state index is 11.8. The zero-order valence-corrected chi connectivity index (χ0v) is 10.7. The van der Waals surface area contributed by atoms with Crippen LogP contribution < -0.4 is 5.32 Å². The minimum absolute atomic E-state index is 0.0375. The van der Waals surface area contributed by atoms with E-state index in [2.05, 4.69) is 24.1 Å². The fraction of sp³-hybridized carbons (Fsp3) is 0.917. The topological polar surface area (TPSA) is 41.6 Å². The predicted octanol–water partition coefficient (Wildman–Crippen LogP) is 1.01. The molecule has 1 aliphatic rings. The normalized spacial score (nSPS) is 24.1. The van der Waals surface area contributed by atoms with Gasteiger partial charge in [-0.05, 0) is 19.8 Å². The fourth-order valence-electron chi connectivity index (χ4n) is 1.90. The van der Waals surface area contributed by atoms with Crippen LogP contribution in [0.4, 0.5) is 0 Å². The fourth-order valence-corrected chi connectivity index (χ4v) is 1.90. The highest BCUT2D eigenvalue weighted by Gasteiger charge is 2.26. The highest BCUT2D eigenvalue weighted by molar-refractivity contribution is 5.81. The summed E-state index contributed by atoms with van der Waals surface area (Å²) in [6.07, 6.45) is 2.29. The van der Waals surface area contributed by atoms with Gasteiger partial charge >= 0.3 is 0 Å². The Morgan fingerprint density at radius 3 is 2.94 bits per heavy atom. The van der Waals surface area contributed by atoms with Gasteiger partial charge in [-0.3, -0.25) is 9.69 Å². The molecule has 4 heteroatoms. The molecule has 0 spiro atoms. The third kappa shape index (κ3) is 3.76. The molecule has 1 heterocycles. The molecular weight excluding hydrogens is 204 g/mol. The minimum Gasteiger partial charge on any atom is -0.376 e. The average Bonchev–Trinajstić information content (AvgIpc) is 2.35. The van der Waals surface area contributed by atoms with Crippen LogP contribution in [-0.4, -0.2) is 49.2 Å². The number of hydrogen-bond donors (Lipinski definition) is 1. The maximum absolute atomic E-state index is 11.8. The standard InChI is InChI=1S/C12H24N2O2/c1-4-6-13-12(15)10(3)14-7-8-16-11(5-2)9-14/h10-11H,4-9H2,1-3H3,(H,13,15)/t10-,11-/m0/s1. The maximum Gasteiger partial charge on any atom is 0.237 e. The van der Waals surface area contributed by atoms with Gasteiger partial charge in [-0.15, -0.1) is 0 Å². The smallest absolute Gasteiger partial charge is 0.237 e. The van der Waals surface area contributed by atoms with Gasteiger partial charge in [-0.25, -0.2) is 0 Å². The first-order chi connectivity index (χ1) is 7.69. The van der Waals surface area contributed by atoms with Crippen molar-refractivity contribution in [2.75, 3.05) is 26.2 Å². The van der Waals surface area contributed by atoms with E-state index in [-0.39, 0.29) is 18.1 Å². The lowest BCUT2D eigenvalue weighted by atomic mass is 10.1. The lowest BCUT2D eigenvalue weighted by molar-refractivity contribution is -0.129. The van der Waals surface area contributed by atoms with Gasteiger partial charge in [0.2, 0.25) is 5.91 Å². The molecule has 4 nitrogen and oxygen atoms in total. The van der Waals surface area contributed by atoms with Crippen molar-refractivity contribution in [1.82, 2.24) is 10.2 Å². The summed E-state index contributed by atoms with van der Waals surface area (Å²) in [6.45, 7) is 9.40. The number of rotatable bonds is 5. The highest BCUT2D eigenvalue weighted by atomic mass is 16.5. The van der Waals surface area contributed by atoms with Crippen molar-refractivity contribution in [2.45, 2.75) is 45.8 Å². The summed E-state index contributed by atoms with van der Waals surface area (Å²) in [5, 5.41) is 2.94. The molecule has 2 atom stereocenters. The second-order valence-corrected chi connectivity index (χ2v) is 4.36. The van der Waals surface area contributed by atoms with E-state index in [1.165, 1.54) is 0 Å². The lowest BCUT2D eigenvalue weighted by Crippen LogP contribution is -2.52. The summed E-state index contributed by atoms with van der Waals surface area (Å²) in [5.74, 6) is 0.138. The van der Waals surface area contributed by atoms with Crippen molar-refractivity contribution >= 4 is 5.91 Å². The quantitative estimate of drug-likeness (QED) is 0.763. The number of morpholine rings is 1.